The number of carboxylic acid groups (broad SMARTS) is 1. The number of anilines is 1. The zero-order chi connectivity index (χ0) is 16.0. The van der Waals surface area contributed by atoms with Crippen molar-refractivity contribution in [2.45, 2.75) is 24.8 Å². The van der Waals surface area contributed by atoms with Crippen LogP contribution in [0.15, 0.2) is 18.2 Å². The summed E-state index contributed by atoms with van der Waals surface area (Å²) < 4.78 is 76.1. The monoisotopic (exact) mass is 313 g/mol. The molecule has 21 heavy (non-hydrogen) atoms. The lowest BCUT2D eigenvalue weighted by Crippen LogP contribution is -2.49. The van der Waals surface area contributed by atoms with Gasteiger partial charge in [0, 0.05) is 5.69 Å². The molecule has 0 radical (unpaired) electrons. The van der Waals surface area contributed by atoms with Crippen LogP contribution in [0.1, 0.15) is 11.1 Å². The minimum absolute atomic E-state index is 0.0993. The second-order valence-corrected chi connectivity index (χ2v) is 4.68. The first-order valence-electron chi connectivity index (χ1n) is 5.76. The van der Waals surface area contributed by atoms with Crippen molar-refractivity contribution in [2.24, 2.45) is 5.92 Å². The second-order valence-electron chi connectivity index (χ2n) is 4.68. The smallest absolute Gasteiger partial charge is 0.416 e. The van der Waals surface area contributed by atoms with Gasteiger partial charge < -0.3 is 10.4 Å². The number of alkyl halides is 6. The molecule has 2 atom stereocenters. The van der Waals surface area contributed by atoms with Crippen LogP contribution in [0.4, 0.5) is 32.0 Å². The summed E-state index contributed by atoms with van der Waals surface area (Å²) in [4.78, 5) is 10.9. The van der Waals surface area contributed by atoms with Crippen molar-refractivity contribution >= 4 is 11.7 Å². The van der Waals surface area contributed by atoms with E-state index in [0.29, 0.717) is 12.1 Å². The van der Waals surface area contributed by atoms with Crippen LogP contribution in [-0.2, 0) is 17.4 Å². The van der Waals surface area contributed by atoms with Crippen molar-refractivity contribution in [3.8, 4) is 0 Å². The number of hydrogen-bond donors (Lipinski definition) is 2. The number of hydrogen-bond acceptors (Lipinski definition) is 2. The number of carboxylic acids is 1. The Kier molecular flexibility index (Phi) is 3.54. The largest absolute Gasteiger partial charge is 0.481 e. The fourth-order valence-electron chi connectivity index (χ4n) is 2.24. The highest BCUT2D eigenvalue weighted by atomic mass is 19.4. The van der Waals surface area contributed by atoms with E-state index < -0.39 is 42.3 Å². The van der Waals surface area contributed by atoms with Crippen LogP contribution in [0.2, 0.25) is 0 Å². The van der Waals surface area contributed by atoms with Crippen LogP contribution in [0.3, 0.4) is 0 Å². The van der Waals surface area contributed by atoms with Gasteiger partial charge in [-0.1, -0.05) is 0 Å². The molecule has 1 aromatic carbocycles. The summed E-state index contributed by atoms with van der Waals surface area (Å²) in [5.74, 6) is -3.59. The van der Waals surface area contributed by atoms with Crippen LogP contribution in [-0.4, -0.2) is 23.3 Å². The molecule has 0 unspecified atom stereocenters. The molecule has 0 amide bonds. The first-order valence-corrected chi connectivity index (χ1v) is 5.76. The van der Waals surface area contributed by atoms with Crippen molar-refractivity contribution in [3.05, 3.63) is 29.3 Å². The fraction of sp³-hybridized carbons (Fsp3) is 0.417. The van der Waals surface area contributed by atoms with Crippen LogP contribution >= 0.6 is 0 Å². The van der Waals surface area contributed by atoms with Gasteiger partial charge in [0.05, 0.1) is 11.5 Å². The van der Waals surface area contributed by atoms with E-state index in [4.69, 9.17) is 5.11 Å². The highest BCUT2D eigenvalue weighted by Crippen LogP contribution is 2.39. The standard InChI is InChI=1S/C12H9F6NO2/c13-11(14,15)6-1-2-8-5(3-6)4-7(10(20)21)9(19-8)12(16,17)18/h1-3,7,9,19H,4H2,(H,20,21)/t7-,9+/m1/s1. The summed E-state index contributed by atoms with van der Waals surface area (Å²) in [6.07, 6.45) is -10.1. The Morgan fingerprint density at radius 3 is 2.29 bits per heavy atom. The molecule has 116 valence electrons. The van der Waals surface area contributed by atoms with Crippen LogP contribution < -0.4 is 5.32 Å². The maximum Gasteiger partial charge on any atom is 0.416 e. The number of rotatable bonds is 1. The third-order valence-corrected chi connectivity index (χ3v) is 3.26. The van der Waals surface area contributed by atoms with Gasteiger partial charge in [-0.3, -0.25) is 4.79 Å². The van der Waals surface area contributed by atoms with Crippen molar-refractivity contribution in [2.75, 3.05) is 5.32 Å². The topological polar surface area (TPSA) is 49.3 Å². The zero-order valence-corrected chi connectivity index (χ0v) is 10.2. The molecule has 0 fully saturated rings. The van der Waals surface area contributed by atoms with Crippen molar-refractivity contribution in [1.82, 2.24) is 0 Å². The first-order chi connectivity index (χ1) is 9.50. The van der Waals surface area contributed by atoms with Gasteiger partial charge in [-0.05, 0) is 30.2 Å². The number of benzene rings is 1. The van der Waals surface area contributed by atoms with E-state index in [2.05, 4.69) is 0 Å². The normalized spacial score (nSPS) is 22.4. The molecule has 1 heterocycles. The van der Waals surface area contributed by atoms with Gasteiger partial charge in [0.25, 0.3) is 0 Å². The molecule has 0 aromatic heterocycles. The Morgan fingerprint density at radius 1 is 1.19 bits per heavy atom. The average Bonchev–Trinajstić information content (AvgIpc) is 2.34. The van der Waals surface area contributed by atoms with E-state index in [9.17, 15) is 31.1 Å². The van der Waals surface area contributed by atoms with E-state index in [1.165, 1.54) is 0 Å². The molecule has 2 N–H and O–H groups in total. The van der Waals surface area contributed by atoms with Gasteiger partial charge in [-0.25, -0.2) is 0 Å². The molecule has 0 bridgehead atoms. The lowest BCUT2D eigenvalue weighted by Gasteiger charge is -2.33. The maximum atomic E-state index is 12.8. The fourth-order valence-corrected chi connectivity index (χ4v) is 2.24. The Bertz CT molecular complexity index is 566. The number of fused-ring (bicyclic) bond motifs is 1. The summed E-state index contributed by atoms with van der Waals surface area (Å²) >= 11 is 0. The number of nitrogens with one attached hydrogen (secondary N) is 1. The molecule has 0 spiro atoms. The van der Waals surface area contributed by atoms with Gasteiger partial charge in [0.2, 0.25) is 0 Å². The molecule has 3 nitrogen and oxygen atoms in total. The van der Waals surface area contributed by atoms with E-state index in [0.717, 1.165) is 6.07 Å². The molecule has 0 aliphatic carbocycles. The lowest BCUT2D eigenvalue weighted by molar-refractivity contribution is -0.169. The third kappa shape index (κ3) is 3.06. The van der Waals surface area contributed by atoms with Crippen LogP contribution in [0.5, 0.6) is 0 Å². The minimum atomic E-state index is -4.82. The Hall–Kier alpha value is -1.93. The zero-order valence-electron chi connectivity index (χ0n) is 10.2. The second kappa shape index (κ2) is 4.81. The van der Waals surface area contributed by atoms with Gasteiger partial charge in [0.1, 0.15) is 6.04 Å². The molecule has 2 rings (SSSR count). The van der Waals surface area contributed by atoms with Crippen molar-refractivity contribution < 1.29 is 36.2 Å². The molecule has 0 saturated heterocycles. The third-order valence-electron chi connectivity index (χ3n) is 3.26. The van der Waals surface area contributed by atoms with E-state index in [-0.39, 0.29) is 11.3 Å². The molecular formula is C12H9F6NO2. The van der Waals surface area contributed by atoms with Gasteiger partial charge in [0.15, 0.2) is 0 Å². The number of aliphatic carboxylic acids is 1. The van der Waals surface area contributed by atoms with E-state index >= 15 is 0 Å². The Morgan fingerprint density at radius 2 is 1.81 bits per heavy atom. The summed E-state index contributed by atoms with van der Waals surface area (Å²) in [5.41, 5.74) is -1.27. The molecule has 1 aliphatic rings. The van der Waals surface area contributed by atoms with Gasteiger partial charge in [-0.2, -0.15) is 26.3 Å². The summed E-state index contributed by atoms with van der Waals surface area (Å²) in [6, 6.07) is -0.126. The van der Waals surface area contributed by atoms with Crippen molar-refractivity contribution in [3.63, 3.8) is 0 Å². The minimum Gasteiger partial charge on any atom is -0.481 e. The molecular weight excluding hydrogens is 304 g/mol. The number of carbonyl (C=O) groups is 1. The van der Waals surface area contributed by atoms with Crippen molar-refractivity contribution in [1.29, 1.82) is 0 Å². The van der Waals surface area contributed by atoms with Crippen LogP contribution in [0.25, 0.3) is 0 Å². The first kappa shape index (κ1) is 15.5. The predicted molar refractivity (Wildman–Crippen MR) is 59.7 cm³/mol. The van der Waals surface area contributed by atoms with Gasteiger partial charge in [-0.15, -0.1) is 0 Å². The Labute approximate surface area is 114 Å². The summed E-state index contributed by atoms with van der Waals surface area (Å²) in [7, 11) is 0. The highest BCUT2D eigenvalue weighted by Gasteiger charge is 2.50. The summed E-state index contributed by atoms with van der Waals surface area (Å²) in [6.45, 7) is 0. The summed E-state index contributed by atoms with van der Waals surface area (Å²) in [5, 5.41) is 10.8. The van der Waals surface area contributed by atoms with E-state index in [1.54, 1.807) is 0 Å². The molecule has 0 saturated carbocycles. The molecule has 1 aromatic rings. The SMILES string of the molecule is O=C(O)[C@@H]1Cc2cc(C(F)(F)F)ccc2N[C@@H]1C(F)(F)F. The molecule has 9 heteroatoms. The highest BCUT2D eigenvalue weighted by molar-refractivity contribution is 5.75. The van der Waals surface area contributed by atoms with Crippen LogP contribution in [0, 0.1) is 5.92 Å². The maximum absolute atomic E-state index is 12.8. The average molecular weight is 313 g/mol. The Balaban J connectivity index is 2.43. The quantitative estimate of drug-likeness (QED) is 0.782. The lowest BCUT2D eigenvalue weighted by atomic mass is 9.86. The molecule has 1 aliphatic heterocycles. The number of halogens is 6. The van der Waals surface area contributed by atoms with E-state index in [1.807, 2.05) is 5.32 Å². The van der Waals surface area contributed by atoms with Gasteiger partial charge >= 0.3 is 18.3 Å². The predicted octanol–water partition coefficient (Wildman–Crippen LogP) is 3.31.